The Labute approximate surface area is 143 Å². The van der Waals surface area contributed by atoms with Crippen molar-refractivity contribution in [2.75, 3.05) is 0 Å². The molecule has 1 aliphatic rings. The van der Waals surface area contributed by atoms with E-state index in [2.05, 4.69) is 55.4 Å². The largest absolute Gasteiger partial charge is 0.389 e. The van der Waals surface area contributed by atoms with E-state index < -0.39 is 10.4 Å². The molecular weight excluding hydrogens is 303 g/mol. The monoisotopic (exact) mass is 338 g/mol. The van der Waals surface area contributed by atoms with Crippen LogP contribution in [0.5, 0.6) is 0 Å². The fourth-order valence-electron chi connectivity index (χ4n) is 2.35. The van der Waals surface area contributed by atoms with Crippen molar-refractivity contribution in [3.63, 3.8) is 0 Å². The summed E-state index contributed by atoms with van der Waals surface area (Å²) in [7, 11) is 0. The summed E-state index contributed by atoms with van der Waals surface area (Å²) in [6, 6.07) is 0. The molecular formula is C18H36Cl2O. The molecule has 0 aromatic carbocycles. The minimum atomic E-state index is -0.794. The van der Waals surface area contributed by atoms with Crippen molar-refractivity contribution in [3.05, 3.63) is 11.1 Å². The van der Waals surface area contributed by atoms with Crippen molar-refractivity contribution in [1.82, 2.24) is 0 Å². The molecule has 0 saturated heterocycles. The quantitative estimate of drug-likeness (QED) is 0.435. The zero-order chi connectivity index (χ0) is 17.2. The first-order chi connectivity index (χ1) is 9.57. The van der Waals surface area contributed by atoms with E-state index in [-0.39, 0.29) is 0 Å². The first-order valence-electron chi connectivity index (χ1n) is 8.36. The second-order valence-electron chi connectivity index (χ2n) is 6.46. The molecule has 1 N–H and O–H groups in total. The molecule has 128 valence electrons. The van der Waals surface area contributed by atoms with Gasteiger partial charge in [0.1, 0.15) is 4.33 Å². The number of aliphatic hydroxyl groups is 1. The van der Waals surface area contributed by atoms with Gasteiger partial charge in [-0.1, -0.05) is 73.8 Å². The number of allylic oxidation sites excluding steroid dienone is 1. The molecule has 1 nitrogen and oxygen atoms in total. The SMILES string of the molecule is CC(C)C1=C(C(C)C)C(O)CC(Cl)(Cl)C1.CCC.CCC. The van der Waals surface area contributed by atoms with E-state index >= 15 is 0 Å². The maximum Gasteiger partial charge on any atom is 0.124 e. The Balaban J connectivity index is 0. The Morgan fingerprint density at radius 3 is 1.67 bits per heavy atom. The van der Waals surface area contributed by atoms with Crippen LogP contribution in [0, 0.1) is 11.8 Å². The van der Waals surface area contributed by atoms with Crippen LogP contribution >= 0.6 is 23.2 Å². The predicted octanol–water partition coefficient (Wildman–Crippen LogP) is 6.76. The van der Waals surface area contributed by atoms with Crippen LogP contribution in [0.2, 0.25) is 0 Å². The standard InChI is InChI=1S/C12H20Cl2O.2C3H8/c1-7(2)9-5-12(13,14)6-10(15)11(9)8(3)4;2*1-3-2/h7-8,10,15H,5-6H2,1-4H3;2*3H2,1-2H3. The van der Waals surface area contributed by atoms with E-state index in [1.807, 2.05) is 0 Å². The van der Waals surface area contributed by atoms with Gasteiger partial charge in [0, 0.05) is 12.8 Å². The summed E-state index contributed by atoms with van der Waals surface area (Å²) in [6.45, 7) is 17.0. The summed E-state index contributed by atoms with van der Waals surface area (Å²) in [5, 5.41) is 10.1. The van der Waals surface area contributed by atoms with Crippen LogP contribution in [0.4, 0.5) is 0 Å². The van der Waals surface area contributed by atoms with Crippen LogP contribution in [0.25, 0.3) is 0 Å². The molecule has 0 aromatic rings. The minimum Gasteiger partial charge on any atom is -0.389 e. The van der Waals surface area contributed by atoms with Crippen LogP contribution < -0.4 is 0 Å². The van der Waals surface area contributed by atoms with Gasteiger partial charge in [-0.2, -0.15) is 0 Å². The van der Waals surface area contributed by atoms with Crippen LogP contribution in [0.3, 0.4) is 0 Å². The Morgan fingerprint density at radius 2 is 1.38 bits per heavy atom. The lowest BCUT2D eigenvalue weighted by molar-refractivity contribution is 0.171. The molecule has 0 bridgehead atoms. The van der Waals surface area contributed by atoms with E-state index in [1.54, 1.807) is 0 Å². The van der Waals surface area contributed by atoms with E-state index in [1.165, 1.54) is 18.4 Å². The van der Waals surface area contributed by atoms with Gasteiger partial charge in [0.2, 0.25) is 0 Å². The molecule has 0 saturated carbocycles. The lowest BCUT2D eigenvalue weighted by Gasteiger charge is -2.36. The van der Waals surface area contributed by atoms with Gasteiger partial charge < -0.3 is 5.11 Å². The Bertz CT molecular complexity index is 292. The third-order valence-corrected chi connectivity index (χ3v) is 3.57. The van der Waals surface area contributed by atoms with Gasteiger partial charge in [-0.3, -0.25) is 0 Å². The summed E-state index contributed by atoms with van der Waals surface area (Å²) in [5.41, 5.74) is 2.37. The van der Waals surface area contributed by atoms with Crippen LogP contribution in [-0.2, 0) is 0 Å². The van der Waals surface area contributed by atoms with Crippen LogP contribution in [0.15, 0.2) is 11.1 Å². The molecule has 1 atom stereocenters. The highest BCUT2D eigenvalue weighted by Gasteiger charge is 2.38. The fraction of sp³-hybridized carbons (Fsp3) is 0.889. The van der Waals surface area contributed by atoms with Crippen molar-refractivity contribution in [1.29, 1.82) is 0 Å². The number of rotatable bonds is 2. The molecule has 1 aliphatic carbocycles. The van der Waals surface area contributed by atoms with E-state index in [0.29, 0.717) is 24.7 Å². The summed E-state index contributed by atoms with van der Waals surface area (Å²) in [5.74, 6) is 0.760. The zero-order valence-corrected chi connectivity index (χ0v) is 16.8. The summed E-state index contributed by atoms with van der Waals surface area (Å²) >= 11 is 12.3. The number of hydrogen-bond donors (Lipinski definition) is 1. The molecule has 0 fully saturated rings. The normalized spacial score (nSPS) is 20.7. The lowest BCUT2D eigenvalue weighted by Crippen LogP contribution is -2.33. The van der Waals surface area contributed by atoms with Gasteiger partial charge in [-0.15, -0.1) is 23.2 Å². The topological polar surface area (TPSA) is 20.2 Å². The second-order valence-corrected chi connectivity index (χ2v) is 8.10. The second kappa shape index (κ2) is 11.8. The van der Waals surface area contributed by atoms with Crippen molar-refractivity contribution < 1.29 is 5.11 Å². The maximum atomic E-state index is 10.1. The maximum absolute atomic E-state index is 10.1. The van der Waals surface area contributed by atoms with E-state index in [4.69, 9.17) is 23.2 Å². The van der Waals surface area contributed by atoms with E-state index in [9.17, 15) is 5.11 Å². The van der Waals surface area contributed by atoms with Crippen molar-refractivity contribution >= 4 is 23.2 Å². The first kappa shape index (κ1) is 23.5. The molecule has 1 rings (SSSR count). The van der Waals surface area contributed by atoms with Gasteiger partial charge in [-0.05, 0) is 17.4 Å². The van der Waals surface area contributed by atoms with Crippen molar-refractivity contribution in [2.45, 2.75) is 91.5 Å². The number of hydrogen-bond acceptors (Lipinski definition) is 1. The Kier molecular flexibility index (Phi) is 13.2. The Morgan fingerprint density at radius 1 is 1.00 bits per heavy atom. The number of aliphatic hydroxyl groups excluding tert-OH is 1. The minimum absolute atomic E-state index is 0.363. The smallest absolute Gasteiger partial charge is 0.124 e. The molecule has 0 heterocycles. The summed E-state index contributed by atoms with van der Waals surface area (Å²) in [6.07, 6.45) is 3.14. The molecule has 0 amide bonds. The van der Waals surface area contributed by atoms with Crippen LogP contribution in [0.1, 0.15) is 81.1 Å². The van der Waals surface area contributed by atoms with Gasteiger partial charge in [0.15, 0.2) is 0 Å². The van der Waals surface area contributed by atoms with Gasteiger partial charge >= 0.3 is 0 Å². The molecule has 0 spiro atoms. The highest BCUT2D eigenvalue weighted by Crippen LogP contribution is 2.44. The average molecular weight is 339 g/mol. The van der Waals surface area contributed by atoms with Gasteiger partial charge in [0.05, 0.1) is 6.10 Å². The molecule has 3 heteroatoms. The molecule has 1 unspecified atom stereocenters. The lowest BCUT2D eigenvalue weighted by atomic mass is 9.78. The molecule has 21 heavy (non-hydrogen) atoms. The fourth-order valence-corrected chi connectivity index (χ4v) is 2.93. The molecule has 0 aliphatic heterocycles. The van der Waals surface area contributed by atoms with Gasteiger partial charge in [-0.25, -0.2) is 0 Å². The number of alkyl halides is 2. The predicted molar refractivity (Wildman–Crippen MR) is 98.3 cm³/mol. The van der Waals surface area contributed by atoms with Crippen molar-refractivity contribution in [3.8, 4) is 0 Å². The summed E-state index contributed by atoms with van der Waals surface area (Å²) < 4.78 is -0.794. The molecule has 0 radical (unpaired) electrons. The van der Waals surface area contributed by atoms with Crippen molar-refractivity contribution in [2.24, 2.45) is 11.8 Å². The summed E-state index contributed by atoms with van der Waals surface area (Å²) in [4.78, 5) is 0. The third kappa shape index (κ3) is 9.81. The third-order valence-electron chi connectivity index (χ3n) is 2.99. The zero-order valence-electron chi connectivity index (χ0n) is 15.3. The average Bonchev–Trinajstić information content (AvgIpc) is 2.27. The van der Waals surface area contributed by atoms with Gasteiger partial charge in [0.25, 0.3) is 0 Å². The molecule has 0 aromatic heterocycles. The highest BCUT2D eigenvalue weighted by atomic mass is 35.5. The first-order valence-corrected chi connectivity index (χ1v) is 9.11. The highest BCUT2D eigenvalue weighted by molar-refractivity contribution is 6.48. The van der Waals surface area contributed by atoms with Crippen LogP contribution in [-0.4, -0.2) is 15.5 Å². The number of halogens is 2. The van der Waals surface area contributed by atoms with E-state index in [0.717, 1.165) is 5.57 Å². The Hall–Kier alpha value is 0.280.